The minimum atomic E-state index is -1.08. The molecule has 98 valence electrons. The largest absolute Gasteiger partial charge is 0.480 e. The Bertz CT molecular complexity index is 572. The fourth-order valence-corrected chi connectivity index (χ4v) is 2.95. The second-order valence-electron chi connectivity index (χ2n) is 3.85. The lowest BCUT2D eigenvalue weighted by Crippen LogP contribution is -2.41. The third-order valence-electron chi connectivity index (χ3n) is 2.57. The predicted octanol–water partition coefficient (Wildman–Crippen LogP) is 1.76. The molecule has 0 aromatic carbocycles. The number of hydrogen-bond donors (Lipinski definition) is 1. The van der Waals surface area contributed by atoms with Crippen molar-refractivity contribution in [1.29, 1.82) is 0 Å². The first-order chi connectivity index (χ1) is 9.00. The van der Waals surface area contributed by atoms with Gasteiger partial charge in [0, 0.05) is 12.4 Å². The van der Waals surface area contributed by atoms with Crippen molar-refractivity contribution in [3.63, 3.8) is 0 Å². The summed E-state index contributed by atoms with van der Waals surface area (Å²) >= 11 is 6.17. The fourth-order valence-electron chi connectivity index (χ4n) is 1.54. The molecule has 1 aliphatic heterocycles. The number of aromatic nitrogens is 1. The number of carboxylic acid groups (broad SMARTS) is 1. The van der Waals surface area contributed by atoms with Crippen LogP contribution < -0.4 is 0 Å². The highest BCUT2D eigenvalue weighted by molar-refractivity contribution is 8.26. The molecule has 1 atom stereocenters. The Morgan fingerprint density at radius 3 is 2.74 bits per heavy atom. The van der Waals surface area contributed by atoms with Crippen LogP contribution in [-0.2, 0) is 9.59 Å². The van der Waals surface area contributed by atoms with Crippen molar-refractivity contribution >= 4 is 46.3 Å². The molecule has 7 heteroatoms. The Morgan fingerprint density at radius 2 is 2.16 bits per heavy atom. The SMILES string of the molecule is C[C@H](C(=O)O)N1C(=O)/C(=C\c2ccncc2)SC1=S. The number of thioether (sulfide) groups is 1. The number of amides is 1. The molecule has 1 N–H and O–H groups in total. The van der Waals surface area contributed by atoms with E-state index >= 15 is 0 Å². The standard InChI is InChI=1S/C12H10N2O3S2/c1-7(11(16)17)14-10(15)9(19-12(14)18)6-8-2-4-13-5-3-8/h2-7H,1H3,(H,16,17)/b9-6+/t7-/m1/s1. The van der Waals surface area contributed by atoms with Gasteiger partial charge in [0.05, 0.1) is 4.91 Å². The molecule has 2 rings (SSSR count). The van der Waals surface area contributed by atoms with Crippen LogP contribution in [0.1, 0.15) is 12.5 Å². The average Bonchev–Trinajstić information content (AvgIpc) is 2.65. The second kappa shape index (κ2) is 5.50. The molecule has 1 saturated heterocycles. The summed E-state index contributed by atoms with van der Waals surface area (Å²) < 4.78 is 0.264. The summed E-state index contributed by atoms with van der Waals surface area (Å²) in [6.07, 6.45) is 4.91. The molecule has 0 bridgehead atoms. The van der Waals surface area contributed by atoms with Crippen LogP contribution in [0.25, 0.3) is 6.08 Å². The maximum atomic E-state index is 12.1. The van der Waals surface area contributed by atoms with Crippen molar-refractivity contribution in [2.24, 2.45) is 0 Å². The minimum absolute atomic E-state index is 0.264. The fraction of sp³-hybridized carbons (Fsp3) is 0.167. The van der Waals surface area contributed by atoms with Crippen molar-refractivity contribution in [3.8, 4) is 0 Å². The zero-order chi connectivity index (χ0) is 14.0. The van der Waals surface area contributed by atoms with E-state index in [1.165, 1.54) is 6.92 Å². The van der Waals surface area contributed by atoms with E-state index in [1.807, 2.05) is 0 Å². The van der Waals surface area contributed by atoms with E-state index in [-0.39, 0.29) is 10.2 Å². The lowest BCUT2D eigenvalue weighted by molar-refractivity contribution is -0.144. The number of carbonyl (C=O) groups excluding carboxylic acids is 1. The summed E-state index contributed by atoms with van der Waals surface area (Å²) in [6, 6.07) is 2.55. The maximum absolute atomic E-state index is 12.1. The maximum Gasteiger partial charge on any atom is 0.326 e. The summed E-state index contributed by atoms with van der Waals surface area (Å²) in [5, 5.41) is 8.96. The average molecular weight is 294 g/mol. The first-order valence-electron chi connectivity index (χ1n) is 5.40. The van der Waals surface area contributed by atoms with Crippen LogP contribution in [0.3, 0.4) is 0 Å². The van der Waals surface area contributed by atoms with E-state index in [2.05, 4.69) is 4.98 Å². The summed E-state index contributed by atoms with van der Waals surface area (Å²) in [4.78, 5) is 28.5. The molecular formula is C12H10N2O3S2. The third-order valence-corrected chi connectivity index (χ3v) is 3.90. The Kier molecular flexibility index (Phi) is 3.96. The second-order valence-corrected chi connectivity index (χ2v) is 5.52. The van der Waals surface area contributed by atoms with Crippen molar-refractivity contribution < 1.29 is 14.7 Å². The van der Waals surface area contributed by atoms with E-state index in [9.17, 15) is 9.59 Å². The number of pyridine rings is 1. The lowest BCUT2D eigenvalue weighted by Gasteiger charge is -2.18. The Morgan fingerprint density at radius 1 is 1.53 bits per heavy atom. The number of carbonyl (C=O) groups is 2. The Balaban J connectivity index is 2.28. The van der Waals surface area contributed by atoms with Crippen LogP contribution in [-0.4, -0.2) is 37.2 Å². The van der Waals surface area contributed by atoms with Gasteiger partial charge >= 0.3 is 5.97 Å². The van der Waals surface area contributed by atoms with Crippen LogP contribution in [0, 0.1) is 0 Å². The molecule has 0 spiro atoms. The van der Waals surface area contributed by atoms with E-state index in [4.69, 9.17) is 17.3 Å². The molecule has 1 aliphatic rings. The van der Waals surface area contributed by atoms with Crippen LogP contribution in [0.5, 0.6) is 0 Å². The molecule has 0 unspecified atom stereocenters. The summed E-state index contributed by atoms with van der Waals surface area (Å²) in [7, 11) is 0. The van der Waals surface area contributed by atoms with Gasteiger partial charge in [-0.1, -0.05) is 24.0 Å². The van der Waals surface area contributed by atoms with E-state index < -0.39 is 12.0 Å². The number of hydrogen-bond acceptors (Lipinski definition) is 5. The topological polar surface area (TPSA) is 70.5 Å². The zero-order valence-electron chi connectivity index (χ0n) is 9.94. The quantitative estimate of drug-likeness (QED) is 0.676. The first kappa shape index (κ1) is 13.7. The number of carboxylic acids is 1. The molecule has 19 heavy (non-hydrogen) atoms. The Labute approximate surface area is 119 Å². The van der Waals surface area contributed by atoms with Crippen LogP contribution >= 0.6 is 24.0 Å². The number of rotatable bonds is 3. The van der Waals surface area contributed by atoms with Crippen LogP contribution in [0.2, 0.25) is 0 Å². The number of thiocarbonyl (C=S) groups is 1. The van der Waals surface area contributed by atoms with Gasteiger partial charge in [0.1, 0.15) is 10.4 Å². The molecule has 5 nitrogen and oxygen atoms in total. The van der Waals surface area contributed by atoms with Gasteiger partial charge < -0.3 is 5.11 Å². The summed E-state index contributed by atoms with van der Waals surface area (Å²) in [6.45, 7) is 1.43. The molecule has 1 amide bonds. The van der Waals surface area contributed by atoms with E-state index in [0.29, 0.717) is 4.91 Å². The van der Waals surface area contributed by atoms with Gasteiger partial charge in [0.2, 0.25) is 0 Å². The monoisotopic (exact) mass is 294 g/mol. The van der Waals surface area contributed by atoms with Gasteiger partial charge in [-0.3, -0.25) is 14.7 Å². The predicted molar refractivity (Wildman–Crippen MR) is 76.3 cm³/mol. The minimum Gasteiger partial charge on any atom is -0.480 e. The van der Waals surface area contributed by atoms with Gasteiger partial charge in [-0.25, -0.2) is 4.79 Å². The highest BCUT2D eigenvalue weighted by atomic mass is 32.2. The van der Waals surface area contributed by atoms with Gasteiger partial charge in [0.15, 0.2) is 0 Å². The van der Waals surface area contributed by atoms with Gasteiger partial charge in [-0.2, -0.15) is 0 Å². The molecule has 0 saturated carbocycles. The van der Waals surface area contributed by atoms with Gasteiger partial charge in [0.25, 0.3) is 5.91 Å². The first-order valence-corrected chi connectivity index (χ1v) is 6.63. The molecule has 0 radical (unpaired) electrons. The highest BCUT2D eigenvalue weighted by Gasteiger charge is 2.38. The summed E-state index contributed by atoms with van der Waals surface area (Å²) in [5.74, 6) is -1.46. The molecule has 1 aromatic heterocycles. The summed E-state index contributed by atoms with van der Waals surface area (Å²) in [5.41, 5.74) is 0.818. The molecular weight excluding hydrogens is 284 g/mol. The Hall–Kier alpha value is -1.73. The zero-order valence-corrected chi connectivity index (χ0v) is 11.6. The van der Waals surface area contributed by atoms with Gasteiger partial charge in [-0.05, 0) is 30.7 Å². The smallest absolute Gasteiger partial charge is 0.326 e. The molecule has 2 heterocycles. The number of aliphatic carboxylic acids is 1. The molecule has 1 fully saturated rings. The van der Waals surface area contributed by atoms with Crippen molar-refractivity contribution in [2.75, 3.05) is 0 Å². The van der Waals surface area contributed by atoms with Gasteiger partial charge in [-0.15, -0.1) is 0 Å². The normalized spacial score (nSPS) is 19.0. The van der Waals surface area contributed by atoms with Crippen molar-refractivity contribution in [3.05, 3.63) is 35.0 Å². The van der Waals surface area contributed by atoms with Crippen molar-refractivity contribution in [1.82, 2.24) is 9.88 Å². The molecule has 1 aromatic rings. The van der Waals surface area contributed by atoms with Crippen molar-refractivity contribution in [2.45, 2.75) is 13.0 Å². The van der Waals surface area contributed by atoms with E-state index in [1.54, 1.807) is 30.6 Å². The van der Waals surface area contributed by atoms with Crippen LogP contribution in [0.15, 0.2) is 29.4 Å². The van der Waals surface area contributed by atoms with Crippen LogP contribution in [0.4, 0.5) is 0 Å². The van der Waals surface area contributed by atoms with E-state index in [0.717, 1.165) is 22.2 Å². The number of nitrogens with zero attached hydrogens (tertiary/aromatic N) is 2. The lowest BCUT2D eigenvalue weighted by atomic mass is 10.2. The third kappa shape index (κ3) is 2.82. The molecule has 0 aliphatic carbocycles. The highest BCUT2D eigenvalue weighted by Crippen LogP contribution is 2.33.